The summed E-state index contributed by atoms with van der Waals surface area (Å²) >= 11 is 0. The number of hydrogen-bond acceptors (Lipinski definition) is 1. The molecule has 2 atom stereocenters. The molecule has 0 aliphatic heterocycles. The molecular formula is C24H27N. The highest BCUT2D eigenvalue weighted by Gasteiger charge is 2.30. The van der Waals surface area contributed by atoms with Crippen molar-refractivity contribution >= 4 is 11.6 Å². The van der Waals surface area contributed by atoms with Gasteiger partial charge in [0.25, 0.3) is 0 Å². The van der Waals surface area contributed by atoms with Crippen LogP contribution in [0.2, 0.25) is 0 Å². The largest absolute Gasteiger partial charge is 0.202 e. The number of hydrogen-bond donors (Lipinski definition) is 0. The second kappa shape index (κ2) is 8.22. The predicted octanol–water partition coefficient (Wildman–Crippen LogP) is 5.81. The van der Waals surface area contributed by atoms with Gasteiger partial charge in [0.05, 0.1) is 5.69 Å². The summed E-state index contributed by atoms with van der Waals surface area (Å²) in [7, 11) is 0. The van der Waals surface area contributed by atoms with E-state index in [1.54, 1.807) is 0 Å². The molecule has 0 amide bonds. The molecule has 0 N–H and O–H groups in total. The van der Waals surface area contributed by atoms with Crippen molar-refractivity contribution < 1.29 is 0 Å². The van der Waals surface area contributed by atoms with Crippen molar-refractivity contribution in [1.82, 2.24) is 4.98 Å². The van der Waals surface area contributed by atoms with Crippen molar-refractivity contribution in [1.29, 1.82) is 0 Å². The summed E-state index contributed by atoms with van der Waals surface area (Å²) in [6.07, 6.45) is 20.7. The van der Waals surface area contributed by atoms with Gasteiger partial charge in [0.2, 0.25) is 0 Å². The van der Waals surface area contributed by atoms with Crippen LogP contribution in [0.15, 0.2) is 24.3 Å². The zero-order valence-electron chi connectivity index (χ0n) is 15.6. The molecule has 2 unspecified atom stereocenters. The lowest BCUT2D eigenvalue weighted by Crippen LogP contribution is -2.18. The van der Waals surface area contributed by atoms with E-state index in [1.165, 1.54) is 31.3 Å². The maximum absolute atomic E-state index is 4.29. The topological polar surface area (TPSA) is 12.9 Å². The maximum atomic E-state index is 4.29. The van der Waals surface area contributed by atoms with E-state index in [2.05, 4.69) is 59.5 Å². The fourth-order valence-corrected chi connectivity index (χ4v) is 4.26. The third kappa shape index (κ3) is 3.88. The highest BCUT2D eigenvalue weighted by Crippen LogP contribution is 2.41. The van der Waals surface area contributed by atoms with E-state index < -0.39 is 0 Å². The second-order valence-corrected chi connectivity index (χ2v) is 7.12. The van der Waals surface area contributed by atoms with Crippen LogP contribution in [0.1, 0.15) is 62.8 Å². The Kier molecular flexibility index (Phi) is 5.78. The van der Waals surface area contributed by atoms with Crippen LogP contribution < -0.4 is 0 Å². The van der Waals surface area contributed by atoms with Crippen LogP contribution in [0.3, 0.4) is 0 Å². The molecule has 1 heterocycles. The number of aromatic nitrogens is 1. The molecule has 2 aliphatic rings. The summed E-state index contributed by atoms with van der Waals surface area (Å²) < 4.78 is 0. The maximum Gasteiger partial charge on any atom is 0.0565 e. The zero-order chi connectivity index (χ0) is 17.6. The molecule has 0 spiro atoms. The highest BCUT2D eigenvalue weighted by molar-refractivity contribution is 5.81. The number of aryl methyl sites for hydroxylation is 1. The molecule has 1 aromatic heterocycles. The van der Waals surface area contributed by atoms with E-state index in [0.717, 1.165) is 29.2 Å². The van der Waals surface area contributed by atoms with Crippen LogP contribution in [-0.4, -0.2) is 4.98 Å². The first-order valence-corrected chi connectivity index (χ1v) is 9.47. The smallest absolute Gasteiger partial charge is 0.0565 e. The Morgan fingerprint density at radius 2 is 2.16 bits per heavy atom. The molecule has 3 rings (SSSR count). The van der Waals surface area contributed by atoms with Crippen LogP contribution in [0, 0.1) is 48.8 Å². The van der Waals surface area contributed by atoms with E-state index in [-0.39, 0.29) is 0 Å². The first-order chi connectivity index (χ1) is 12.2. The van der Waals surface area contributed by atoms with Crippen LogP contribution in [-0.2, 0) is 0 Å². The van der Waals surface area contributed by atoms with Crippen molar-refractivity contribution in [2.75, 3.05) is 0 Å². The van der Waals surface area contributed by atoms with Gasteiger partial charge >= 0.3 is 0 Å². The summed E-state index contributed by atoms with van der Waals surface area (Å²) in [6.45, 7) is 6.03. The van der Waals surface area contributed by atoms with E-state index in [4.69, 9.17) is 0 Å². The van der Waals surface area contributed by atoms with Gasteiger partial charge in [-0.2, -0.15) is 0 Å². The number of nitrogens with zero attached hydrogens (tertiary/aromatic N) is 1. The minimum atomic E-state index is 0.485. The third-order valence-electron chi connectivity index (χ3n) is 5.57. The first-order valence-electron chi connectivity index (χ1n) is 9.47. The monoisotopic (exact) mass is 329 g/mol. The minimum absolute atomic E-state index is 0.485. The molecule has 128 valence electrons. The Hall–Kier alpha value is -2.25. The molecule has 0 saturated heterocycles. The number of allylic oxidation sites excluding steroid dienone is 5. The van der Waals surface area contributed by atoms with Gasteiger partial charge in [-0.15, -0.1) is 11.8 Å². The lowest BCUT2D eigenvalue weighted by atomic mass is 9.79. The van der Waals surface area contributed by atoms with Gasteiger partial charge in [0.1, 0.15) is 0 Å². The van der Waals surface area contributed by atoms with Crippen LogP contribution in [0.25, 0.3) is 11.6 Å². The summed E-state index contributed by atoms with van der Waals surface area (Å²) in [4.78, 5) is 4.29. The van der Waals surface area contributed by atoms with Gasteiger partial charge in [-0.3, -0.25) is 0 Å². The van der Waals surface area contributed by atoms with Crippen LogP contribution in [0.4, 0.5) is 0 Å². The minimum Gasteiger partial charge on any atom is -0.202 e. The van der Waals surface area contributed by atoms with E-state index in [1.807, 2.05) is 20.8 Å². The zero-order valence-corrected chi connectivity index (χ0v) is 15.6. The summed E-state index contributed by atoms with van der Waals surface area (Å²) in [5.41, 5.74) is 4.54. The standard InChI is InChI=1S/C24H27N/c1-4-6-12-23(19-10-7-8-11-19)20-13-14-21(17-20)24-15-16-25-18(3)22(24)9-5-2/h5,9,13-14,17,19-20,23H,7-8,10-12H2,1-3H3/b9-5-. The van der Waals surface area contributed by atoms with Gasteiger partial charge in [0, 0.05) is 23.7 Å². The van der Waals surface area contributed by atoms with E-state index >= 15 is 0 Å². The quantitative estimate of drug-likeness (QED) is 0.621. The lowest BCUT2D eigenvalue weighted by Gasteiger charge is -2.25. The predicted molar refractivity (Wildman–Crippen MR) is 105 cm³/mol. The molecule has 0 aromatic carbocycles. The highest BCUT2D eigenvalue weighted by atomic mass is 14.6. The molecule has 1 heteroatoms. The average Bonchev–Trinajstić information content (AvgIpc) is 3.30. The Bertz CT molecular complexity index is 748. The SMILES string of the molecule is CC#CCC(C1C=CC(c2c#cnc(C)c2/C=C\C)=C1)C1CCCC1. The Balaban J connectivity index is 1.89. The third-order valence-corrected chi connectivity index (χ3v) is 5.57. The van der Waals surface area contributed by atoms with Crippen molar-refractivity contribution in [3.8, 4) is 11.8 Å². The van der Waals surface area contributed by atoms with Crippen LogP contribution >= 0.6 is 0 Å². The Labute approximate surface area is 153 Å². The van der Waals surface area contributed by atoms with Crippen molar-refractivity contribution in [2.24, 2.45) is 17.8 Å². The summed E-state index contributed by atoms with van der Waals surface area (Å²) in [5, 5.41) is 0. The van der Waals surface area contributed by atoms with Gasteiger partial charge < -0.3 is 0 Å². The molecule has 2 aliphatic carbocycles. The average molecular weight is 329 g/mol. The van der Waals surface area contributed by atoms with Gasteiger partial charge in [-0.05, 0) is 50.2 Å². The molecule has 1 nitrogen and oxygen atoms in total. The van der Waals surface area contributed by atoms with Crippen molar-refractivity contribution in [3.05, 3.63) is 53.4 Å². The van der Waals surface area contributed by atoms with E-state index in [0.29, 0.717) is 11.8 Å². The van der Waals surface area contributed by atoms with Crippen molar-refractivity contribution in [2.45, 2.75) is 52.9 Å². The second-order valence-electron chi connectivity index (χ2n) is 7.12. The van der Waals surface area contributed by atoms with Crippen molar-refractivity contribution in [3.63, 3.8) is 0 Å². The fraction of sp³-hybridized carbons (Fsp3) is 0.458. The van der Waals surface area contributed by atoms with Gasteiger partial charge in [0.15, 0.2) is 0 Å². The Morgan fingerprint density at radius 1 is 1.36 bits per heavy atom. The summed E-state index contributed by atoms with van der Waals surface area (Å²) in [6, 6.07) is 3.24. The van der Waals surface area contributed by atoms with E-state index in [9.17, 15) is 0 Å². The Morgan fingerprint density at radius 3 is 2.88 bits per heavy atom. The molecule has 25 heavy (non-hydrogen) atoms. The van der Waals surface area contributed by atoms with Crippen LogP contribution in [0.5, 0.6) is 0 Å². The first kappa shape index (κ1) is 17.6. The molecule has 1 saturated carbocycles. The molecule has 1 fully saturated rings. The van der Waals surface area contributed by atoms with Gasteiger partial charge in [-0.1, -0.05) is 56.1 Å². The molecule has 1 aromatic rings. The molecule has 0 bridgehead atoms. The lowest BCUT2D eigenvalue weighted by molar-refractivity contribution is 0.304. The van der Waals surface area contributed by atoms with Gasteiger partial charge in [-0.25, -0.2) is 4.98 Å². The summed E-state index contributed by atoms with van der Waals surface area (Å²) in [5.74, 6) is 8.39. The molecular weight excluding hydrogens is 302 g/mol. The fourth-order valence-electron chi connectivity index (χ4n) is 4.26. The normalized spacial score (nSPS) is 21.1. The molecule has 0 radical (unpaired) electrons. The number of rotatable bonds is 5.